The van der Waals surface area contributed by atoms with Crippen LogP contribution in [0.2, 0.25) is 0 Å². The molecule has 1 aromatic rings. The molecular weight excluding hydrogens is 460 g/mol. The van der Waals surface area contributed by atoms with Crippen molar-refractivity contribution in [3.8, 4) is 5.75 Å². The first kappa shape index (κ1) is 29.2. The number of carbonyl (C=O) groups is 3. The zero-order valence-electron chi connectivity index (χ0n) is 22.7. The second-order valence-corrected chi connectivity index (χ2v) is 9.37. The van der Waals surface area contributed by atoms with Crippen LogP contribution in [-0.2, 0) is 22.6 Å². The molecular formula is C28H42N2O6. The predicted octanol–water partition coefficient (Wildman–Crippen LogP) is 5.92. The Hall–Kier alpha value is -3.03. The van der Waals surface area contributed by atoms with Gasteiger partial charge >= 0.3 is 18.0 Å². The van der Waals surface area contributed by atoms with Gasteiger partial charge in [-0.1, -0.05) is 45.3 Å². The van der Waals surface area contributed by atoms with E-state index in [1.807, 2.05) is 26.8 Å². The number of nitrogens with one attached hydrogen (secondary N) is 1. The number of carbonyl (C=O) groups excluding carboxylic acids is 2. The average Bonchev–Trinajstić information content (AvgIpc) is 3.24. The van der Waals surface area contributed by atoms with E-state index < -0.39 is 11.9 Å². The van der Waals surface area contributed by atoms with Gasteiger partial charge in [0.2, 0.25) is 0 Å². The van der Waals surface area contributed by atoms with Crippen molar-refractivity contribution in [2.45, 2.75) is 98.6 Å². The quantitative estimate of drug-likeness (QED) is 0.242. The summed E-state index contributed by atoms with van der Waals surface area (Å²) in [6.45, 7) is 10.6. The highest BCUT2D eigenvalue weighted by Gasteiger charge is 2.38. The second kappa shape index (κ2) is 13.9. The van der Waals surface area contributed by atoms with Gasteiger partial charge in [-0.15, -0.1) is 0 Å². The highest BCUT2D eigenvalue weighted by Crippen LogP contribution is 2.44. The zero-order valence-corrected chi connectivity index (χ0v) is 22.7. The Morgan fingerprint density at radius 1 is 1.22 bits per heavy atom. The average molecular weight is 503 g/mol. The third-order valence-corrected chi connectivity index (χ3v) is 6.75. The van der Waals surface area contributed by atoms with E-state index >= 15 is 0 Å². The van der Waals surface area contributed by atoms with E-state index in [0.29, 0.717) is 36.4 Å². The number of rotatable bonds is 14. The number of methoxy groups -OCH3 is 1. The molecule has 2 rings (SSSR count). The van der Waals surface area contributed by atoms with Gasteiger partial charge in [0, 0.05) is 30.1 Å². The highest BCUT2D eigenvalue weighted by molar-refractivity contribution is 6.07. The molecule has 0 saturated heterocycles. The first-order chi connectivity index (χ1) is 17.2. The van der Waals surface area contributed by atoms with E-state index in [9.17, 15) is 14.4 Å². The lowest BCUT2D eigenvalue weighted by atomic mass is 9.91. The molecule has 1 heterocycles. The molecule has 0 spiro atoms. The number of carboxylic acids is 1. The Labute approximate surface area is 215 Å². The largest absolute Gasteiger partial charge is 0.496 e. The van der Waals surface area contributed by atoms with Gasteiger partial charge in [-0.3, -0.25) is 9.69 Å². The molecule has 0 saturated carbocycles. The second-order valence-electron chi connectivity index (χ2n) is 9.37. The molecule has 0 aromatic heterocycles. The number of carboxylic acid groups (broad SMARTS) is 1. The minimum absolute atomic E-state index is 0.0440. The summed E-state index contributed by atoms with van der Waals surface area (Å²) < 4.78 is 11.3. The summed E-state index contributed by atoms with van der Waals surface area (Å²) in [7, 11) is 1.59. The molecule has 1 aliphatic heterocycles. The van der Waals surface area contributed by atoms with Crippen LogP contribution in [-0.4, -0.2) is 42.8 Å². The summed E-state index contributed by atoms with van der Waals surface area (Å²) in [5, 5.41) is 12.1. The number of hydrogen-bond donors (Lipinski definition) is 2. The SMILES string of the molecule is CCCCC(CC)N(C(=O)NCCC)c1c(C/C=C(\C)CCC(=O)O)c(OC)c(C)c2c1C(=O)OC2. The Balaban J connectivity index is 2.78. The third kappa shape index (κ3) is 6.80. The molecule has 1 unspecified atom stereocenters. The van der Waals surface area contributed by atoms with E-state index in [4.69, 9.17) is 14.6 Å². The number of cyclic esters (lactones) is 1. The Morgan fingerprint density at radius 2 is 1.94 bits per heavy atom. The Bertz CT molecular complexity index is 985. The molecule has 0 fully saturated rings. The van der Waals surface area contributed by atoms with Crippen LogP contribution in [0.3, 0.4) is 0 Å². The maximum Gasteiger partial charge on any atom is 0.341 e. The smallest absolute Gasteiger partial charge is 0.341 e. The van der Waals surface area contributed by atoms with Crippen LogP contribution in [0.15, 0.2) is 11.6 Å². The molecule has 0 radical (unpaired) electrons. The highest BCUT2D eigenvalue weighted by atomic mass is 16.5. The number of urea groups is 1. The van der Waals surface area contributed by atoms with Gasteiger partial charge in [-0.2, -0.15) is 0 Å². The van der Waals surface area contributed by atoms with Crippen molar-refractivity contribution < 1.29 is 29.0 Å². The maximum absolute atomic E-state index is 13.7. The number of benzene rings is 1. The lowest BCUT2D eigenvalue weighted by Gasteiger charge is -2.35. The number of allylic oxidation sites excluding steroid dienone is 2. The van der Waals surface area contributed by atoms with Crippen molar-refractivity contribution in [2.24, 2.45) is 0 Å². The monoisotopic (exact) mass is 502 g/mol. The summed E-state index contributed by atoms with van der Waals surface area (Å²) in [5.74, 6) is -0.655. The molecule has 0 bridgehead atoms. The van der Waals surface area contributed by atoms with Crippen LogP contribution in [0.25, 0.3) is 0 Å². The van der Waals surface area contributed by atoms with Crippen LogP contribution >= 0.6 is 0 Å². The Kier molecular flexibility index (Phi) is 11.3. The standard InChI is InChI=1S/C28H42N2O6/c1-7-10-11-20(9-3)30(28(34)29-16-8-2)25-21(14-12-18(4)13-15-23(31)32)26(35-6)19(5)22-17-36-27(33)24(22)25/h12,20H,7-11,13-17H2,1-6H3,(H,29,34)(H,31,32)/b18-12+. The van der Waals surface area contributed by atoms with E-state index in [0.717, 1.165) is 54.4 Å². The number of unbranched alkanes of at least 4 members (excludes halogenated alkanes) is 1. The number of fused-ring (bicyclic) bond motifs is 1. The third-order valence-electron chi connectivity index (χ3n) is 6.75. The molecule has 2 N–H and O–H groups in total. The topological polar surface area (TPSA) is 105 Å². The fourth-order valence-electron chi connectivity index (χ4n) is 4.70. The van der Waals surface area contributed by atoms with Crippen molar-refractivity contribution in [1.29, 1.82) is 0 Å². The number of ether oxygens (including phenoxy) is 2. The van der Waals surface area contributed by atoms with Gasteiger partial charge in [0.25, 0.3) is 0 Å². The summed E-state index contributed by atoms with van der Waals surface area (Å²) in [6.07, 6.45) is 7.10. The first-order valence-corrected chi connectivity index (χ1v) is 13.0. The molecule has 8 heteroatoms. The molecule has 36 heavy (non-hydrogen) atoms. The number of amides is 2. The minimum Gasteiger partial charge on any atom is -0.496 e. The normalized spacial score (nSPS) is 13.7. The first-order valence-electron chi connectivity index (χ1n) is 13.0. The number of nitrogens with zero attached hydrogens (tertiary/aromatic N) is 1. The summed E-state index contributed by atoms with van der Waals surface area (Å²) >= 11 is 0. The summed E-state index contributed by atoms with van der Waals surface area (Å²) in [4.78, 5) is 39.5. The molecule has 1 aliphatic rings. The molecule has 200 valence electrons. The van der Waals surface area contributed by atoms with Crippen molar-refractivity contribution in [3.63, 3.8) is 0 Å². The van der Waals surface area contributed by atoms with E-state index in [1.165, 1.54) is 0 Å². The number of hydrogen-bond acceptors (Lipinski definition) is 5. The molecule has 1 atom stereocenters. The lowest BCUT2D eigenvalue weighted by Crippen LogP contribution is -2.47. The van der Waals surface area contributed by atoms with Gasteiger partial charge < -0.3 is 19.9 Å². The summed E-state index contributed by atoms with van der Waals surface area (Å²) in [5.41, 5.74) is 4.22. The lowest BCUT2D eigenvalue weighted by molar-refractivity contribution is -0.136. The van der Waals surface area contributed by atoms with E-state index in [1.54, 1.807) is 12.0 Å². The van der Waals surface area contributed by atoms with E-state index in [-0.39, 0.29) is 25.1 Å². The molecule has 2 amide bonds. The van der Waals surface area contributed by atoms with Gasteiger partial charge in [-0.05, 0) is 51.5 Å². The fraction of sp³-hybridized carbons (Fsp3) is 0.607. The zero-order chi connectivity index (χ0) is 26.8. The van der Waals surface area contributed by atoms with Crippen molar-refractivity contribution in [1.82, 2.24) is 5.32 Å². The van der Waals surface area contributed by atoms with Crippen molar-refractivity contribution in [2.75, 3.05) is 18.6 Å². The van der Waals surface area contributed by atoms with Gasteiger partial charge in [-0.25, -0.2) is 9.59 Å². The minimum atomic E-state index is -0.849. The van der Waals surface area contributed by atoms with Gasteiger partial charge in [0.1, 0.15) is 12.4 Å². The van der Waals surface area contributed by atoms with E-state index in [2.05, 4.69) is 19.2 Å². The summed E-state index contributed by atoms with van der Waals surface area (Å²) in [6, 6.07) is -0.344. The van der Waals surface area contributed by atoms with Crippen molar-refractivity contribution >= 4 is 23.7 Å². The maximum atomic E-state index is 13.7. The van der Waals surface area contributed by atoms with Crippen LogP contribution < -0.4 is 15.0 Å². The fourth-order valence-corrected chi connectivity index (χ4v) is 4.70. The van der Waals surface area contributed by atoms with Crippen LogP contribution in [0.1, 0.15) is 99.7 Å². The van der Waals surface area contributed by atoms with Gasteiger partial charge in [0.05, 0.1) is 18.4 Å². The van der Waals surface area contributed by atoms with Crippen LogP contribution in [0.5, 0.6) is 5.75 Å². The van der Waals surface area contributed by atoms with Crippen LogP contribution in [0, 0.1) is 6.92 Å². The Morgan fingerprint density at radius 3 is 2.53 bits per heavy atom. The number of aliphatic carboxylic acids is 1. The number of anilines is 1. The molecule has 0 aliphatic carbocycles. The van der Waals surface area contributed by atoms with Crippen LogP contribution in [0.4, 0.5) is 10.5 Å². The molecule has 1 aromatic carbocycles. The van der Waals surface area contributed by atoms with Crippen molar-refractivity contribution in [3.05, 3.63) is 33.9 Å². The van der Waals surface area contributed by atoms with Gasteiger partial charge in [0.15, 0.2) is 0 Å². The predicted molar refractivity (Wildman–Crippen MR) is 141 cm³/mol. The number of esters is 1. The molecule has 8 nitrogen and oxygen atoms in total.